The molecule has 4 aromatic rings. The molecule has 5 heterocycles. The van der Waals surface area contributed by atoms with Gasteiger partial charge in [0.2, 0.25) is 0 Å². The number of rotatable bonds is 5. The Bertz CT molecular complexity index is 1160. The third-order valence-corrected chi connectivity index (χ3v) is 5.40. The molecule has 10 heteroatoms. The summed E-state index contributed by atoms with van der Waals surface area (Å²) in [5.41, 5.74) is 0.547. The summed E-state index contributed by atoms with van der Waals surface area (Å²) >= 11 is 0. The van der Waals surface area contributed by atoms with Crippen molar-refractivity contribution in [3.8, 4) is 5.82 Å². The van der Waals surface area contributed by atoms with Gasteiger partial charge in [-0.2, -0.15) is 9.61 Å². The van der Waals surface area contributed by atoms with Crippen LogP contribution in [0, 0.1) is 0 Å². The van der Waals surface area contributed by atoms with Crippen LogP contribution >= 0.6 is 0 Å². The molecule has 4 aromatic heterocycles. The van der Waals surface area contributed by atoms with Gasteiger partial charge in [0, 0.05) is 43.8 Å². The van der Waals surface area contributed by atoms with E-state index in [1.54, 1.807) is 27.7 Å². The number of hydrogen-bond donors (Lipinski definition) is 0. The van der Waals surface area contributed by atoms with Gasteiger partial charge in [0.15, 0.2) is 17.3 Å². The monoisotopic (exact) mass is 391 g/mol. The minimum atomic E-state index is -0.198. The Labute approximate surface area is 166 Å². The van der Waals surface area contributed by atoms with E-state index in [1.165, 1.54) is 6.20 Å². The summed E-state index contributed by atoms with van der Waals surface area (Å²) in [6.07, 6.45) is 8.87. The predicted octanol–water partition coefficient (Wildman–Crippen LogP) is 0.746. The van der Waals surface area contributed by atoms with E-state index in [-0.39, 0.29) is 5.69 Å². The fourth-order valence-electron chi connectivity index (χ4n) is 3.80. The van der Waals surface area contributed by atoms with Gasteiger partial charge in [-0.3, -0.25) is 4.57 Å². The molecule has 0 atom stereocenters. The molecule has 1 saturated heterocycles. The van der Waals surface area contributed by atoms with E-state index in [0.29, 0.717) is 12.5 Å². The minimum absolute atomic E-state index is 0.198. The molecule has 0 bridgehead atoms. The second kappa shape index (κ2) is 7.55. The summed E-state index contributed by atoms with van der Waals surface area (Å²) in [5, 5.41) is 17.6. The Balaban J connectivity index is 1.27. The van der Waals surface area contributed by atoms with Crippen molar-refractivity contribution in [1.29, 1.82) is 0 Å². The zero-order valence-corrected chi connectivity index (χ0v) is 15.9. The van der Waals surface area contributed by atoms with Crippen molar-refractivity contribution >= 4 is 5.65 Å². The first-order chi connectivity index (χ1) is 14.3. The third-order valence-electron chi connectivity index (χ3n) is 5.40. The standard InChI is InChI=1S/C19H21N9O/c29-19-20-7-1-9-26(19)14-13-25-11-5-15(6-12-25)18-23-22-16-3-4-17(24-28(16)18)27-10-2-8-21-27/h1-4,7-10,15H,5-6,11-14H2. The van der Waals surface area contributed by atoms with Crippen LogP contribution in [0.15, 0.2) is 53.8 Å². The number of fused-ring (bicyclic) bond motifs is 1. The van der Waals surface area contributed by atoms with E-state index >= 15 is 0 Å². The van der Waals surface area contributed by atoms with Crippen LogP contribution in [0.5, 0.6) is 0 Å². The van der Waals surface area contributed by atoms with Crippen molar-refractivity contribution in [3.63, 3.8) is 0 Å². The summed E-state index contributed by atoms with van der Waals surface area (Å²) in [6.45, 7) is 3.39. The Morgan fingerprint density at radius 2 is 1.86 bits per heavy atom. The summed E-state index contributed by atoms with van der Waals surface area (Å²) in [6, 6.07) is 7.47. The molecule has 10 nitrogen and oxygen atoms in total. The summed E-state index contributed by atoms with van der Waals surface area (Å²) in [5.74, 6) is 1.95. The van der Waals surface area contributed by atoms with Crippen molar-refractivity contribution in [2.24, 2.45) is 0 Å². The Hall–Kier alpha value is -3.40. The highest BCUT2D eigenvalue weighted by molar-refractivity contribution is 5.39. The third kappa shape index (κ3) is 3.54. The van der Waals surface area contributed by atoms with Crippen LogP contribution < -0.4 is 5.69 Å². The Morgan fingerprint density at radius 3 is 2.66 bits per heavy atom. The molecule has 0 saturated carbocycles. The summed E-state index contributed by atoms with van der Waals surface area (Å²) in [4.78, 5) is 17.9. The molecule has 1 aliphatic heterocycles. The van der Waals surface area contributed by atoms with Crippen molar-refractivity contribution in [3.05, 3.63) is 65.4 Å². The maximum atomic E-state index is 11.7. The number of hydrogen-bond acceptors (Lipinski definition) is 7. The molecule has 0 N–H and O–H groups in total. The largest absolute Gasteiger partial charge is 0.347 e. The normalized spacial score (nSPS) is 15.9. The minimum Gasteiger partial charge on any atom is -0.302 e. The highest BCUT2D eigenvalue weighted by Crippen LogP contribution is 2.26. The lowest BCUT2D eigenvalue weighted by molar-refractivity contribution is 0.200. The van der Waals surface area contributed by atoms with Gasteiger partial charge in [-0.05, 0) is 50.2 Å². The SMILES string of the molecule is O=c1ncccn1CCN1CCC(c2nnc3ccc(-n4cccn4)nn23)CC1. The quantitative estimate of drug-likeness (QED) is 0.495. The first-order valence-electron chi connectivity index (χ1n) is 9.74. The van der Waals surface area contributed by atoms with Crippen molar-refractivity contribution < 1.29 is 0 Å². The van der Waals surface area contributed by atoms with E-state index in [2.05, 4.69) is 25.2 Å². The molecular formula is C19H21N9O. The lowest BCUT2D eigenvalue weighted by atomic mass is 9.96. The molecule has 1 aliphatic rings. The molecule has 5 rings (SSSR count). The van der Waals surface area contributed by atoms with Crippen LogP contribution in [0.4, 0.5) is 0 Å². The summed E-state index contributed by atoms with van der Waals surface area (Å²) in [7, 11) is 0. The second-order valence-corrected chi connectivity index (χ2v) is 7.18. The fraction of sp³-hybridized carbons (Fsp3) is 0.368. The molecule has 29 heavy (non-hydrogen) atoms. The topological polar surface area (TPSA) is 99.0 Å². The average Bonchev–Trinajstić information content (AvgIpc) is 3.43. The molecule has 0 unspecified atom stereocenters. The van der Waals surface area contributed by atoms with Gasteiger partial charge in [0.1, 0.15) is 0 Å². The van der Waals surface area contributed by atoms with Gasteiger partial charge < -0.3 is 4.90 Å². The van der Waals surface area contributed by atoms with Gasteiger partial charge in [-0.25, -0.2) is 14.5 Å². The van der Waals surface area contributed by atoms with Crippen LogP contribution in [0.25, 0.3) is 11.5 Å². The Kier molecular flexibility index (Phi) is 4.60. The van der Waals surface area contributed by atoms with Gasteiger partial charge in [0.25, 0.3) is 0 Å². The Morgan fingerprint density at radius 1 is 1.00 bits per heavy atom. The van der Waals surface area contributed by atoms with Crippen molar-refractivity contribution in [2.45, 2.75) is 25.3 Å². The fourth-order valence-corrected chi connectivity index (χ4v) is 3.80. The van der Waals surface area contributed by atoms with Crippen LogP contribution in [0.3, 0.4) is 0 Å². The van der Waals surface area contributed by atoms with Crippen molar-refractivity contribution in [1.82, 2.24) is 44.0 Å². The maximum absolute atomic E-state index is 11.7. The number of piperidine rings is 1. The molecule has 148 valence electrons. The van der Waals surface area contributed by atoms with Gasteiger partial charge in [-0.1, -0.05) is 0 Å². The predicted molar refractivity (Wildman–Crippen MR) is 105 cm³/mol. The molecule has 0 radical (unpaired) electrons. The maximum Gasteiger partial charge on any atom is 0.347 e. The number of likely N-dealkylation sites (tertiary alicyclic amines) is 1. The first-order valence-corrected chi connectivity index (χ1v) is 9.74. The highest BCUT2D eigenvalue weighted by atomic mass is 16.1. The lowest BCUT2D eigenvalue weighted by Gasteiger charge is -2.31. The highest BCUT2D eigenvalue weighted by Gasteiger charge is 2.25. The first kappa shape index (κ1) is 17.7. The zero-order chi connectivity index (χ0) is 19.6. The lowest BCUT2D eigenvalue weighted by Crippen LogP contribution is -2.37. The van der Waals surface area contributed by atoms with Gasteiger partial charge in [0.05, 0.1) is 0 Å². The smallest absolute Gasteiger partial charge is 0.302 e. The molecule has 0 spiro atoms. The van der Waals surface area contributed by atoms with E-state index in [9.17, 15) is 4.79 Å². The van der Waals surface area contributed by atoms with Crippen LogP contribution in [-0.4, -0.2) is 63.7 Å². The van der Waals surface area contributed by atoms with Crippen molar-refractivity contribution in [2.75, 3.05) is 19.6 Å². The van der Waals surface area contributed by atoms with Crippen LogP contribution in [0.2, 0.25) is 0 Å². The summed E-state index contributed by atoms with van der Waals surface area (Å²) < 4.78 is 5.22. The van der Waals surface area contributed by atoms with Crippen LogP contribution in [0.1, 0.15) is 24.6 Å². The molecule has 1 fully saturated rings. The van der Waals surface area contributed by atoms with E-state index < -0.39 is 0 Å². The van der Waals surface area contributed by atoms with Crippen LogP contribution in [-0.2, 0) is 6.54 Å². The molecule has 0 aromatic carbocycles. The van der Waals surface area contributed by atoms with Gasteiger partial charge >= 0.3 is 5.69 Å². The molecule has 0 aliphatic carbocycles. The number of nitrogens with zero attached hydrogens (tertiary/aromatic N) is 9. The molecule has 0 amide bonds. The average molecular weight is 391 g/mol. The van der Waals surface area contributed by atoms with E-state index in [4.69, 9.17) is 5.10 Å². The van der Waals surface area contributed by atoms with E-state index in [1.807, 2.05) is 28.9 Å². The zero-order valence-electron chi connectivity index (χ0n) is 15.9. The molecular weight excluding hydrogens is 370 g/mol. The number of aromatic nitrogens is 8. The van der Waals surface area contributed by atoms with Gasteiger partial charge in [-0.15, -0.1) is 15.3 Å². The van der Waals surface area contributed by atoms with E-state index in [0.717, 1.165) is 49.8 Å². The second-order valence-electron chi connectivity index (χ2n) is 7.18.